The zero-order valence-corrected chi connectivity index (χ0v) is 9.80. The van der Waals surface area contributed by atoms with Gasteiger partial charge in [0, 0.05) is 5.69 Å². The average Bonchev–Trinajstić information content (AvgIpc) is 2.33. The minimum Gasteiger partial charge on any atom is -0.465 e. The van der Waals surface area contributed by atoms with Crippen molar-refractivity contribution in [1.29, 1.82) is 0 Å². The van der Waals surface area contributed by atoms with Crippen molar-refractivity contribution in [3.63, 3.8) is 0 Å². The summed E-state index contributed by atoms with van der Waals surface area (Å²) < 4.78 is 4.82. The predicted molar refractivity (Wildman–Crippen MR) is 63.6 cm³/mol. The molecule has 2 rings (SSSR count). The molecule has 3 nitrogen and oxygen atoms in total. The largest absolute Gasteiger partial charge is 0.465 e. The Hall–Kier alpha value is -1.51. The summed E-state index contributed by atoms with van der Waals surface area (Å²) in [5.74, 6) is -0.249. The maximum absolute atomic E-state index is 11.7. The normalized spacial score (nSPS) is 14.4. The van der Waals surface area contributed by atoms with E-state index in [0.717, 1.165) is 48.1 Å². The highest BCUT2D eigenvalue weighted by molar-refractivity contribution is 5.93. The first kappa shape index (κ1) is 11.0. The van der Waals surface area contributed by atoms with Crippen LogP contribution >= 0.6 is 0 Å². The lowest BCUT2D eigenvalue weighted by Crippen LogP contribution is -2.15. The van der Waals surface area contributed by atoms with Crippen molar-refractivity contribution in [1.82, 2.24) is 0 Å². The summed E-state index contributed by atoms with van der Waals surface area (Å²) in [6, 6.07) is 1.85. The van der Waals surface area contributed by atoms with Gasteiger partial charge in [-0.1, -0.05) is 0 Å². The van der Waals surface area contributed by atoms with Crippen LogP contribution in [0.3, 0.4) is 0 Å². The number of ether oxygens (including phenoxy) is 1. The van der Waals surface area contributed by atoms with Crippen molar-refractivity contribution in [3.05, 3.63) is 28.3 Å². The van der Waals surface area contributed by atoms with Gasteiger partial charge in [-0.3, -0.25) is 0 Å². The van der Waals surface area contributed by atoms with Gasteiger partial charge >= 0.3 is 5.97 Å². The third kappa shape index (κ3) is 1.66. The van der Waals surface area contributed by atoms with E-state index in [1.807, 2.05) is 13.0 Å². The van der Waals surface area contributed by atoms with E-state index in [0.29, 0.717) is 5.56 Å². The van der Waals surface area contributed by atoms with Crippen LogP contribution in [0, 0.1) is 6.92 Å². The van der Waals surface area contributed by atoms with Crippen LogP contribution in [-0.4, -0.2) is 13.1 Å². The van der Waals surface area contributed by atoms with Crippen molar-refractivity contribution < 1.29 is 9.53 Å². The van der Waals surface area contributed by atoms with Gasteiger partial charge in [0.05, 0.1) is 12.7 Å². The Labute approximate surface area is 95.6 Å². The fourth-order valence-electron chi connectivity index (χ4n) is 2.41. The van der Waals surface area contributed by atoms with Gasteiger partial charge in [0.15, 0.2) is 0 Å². The number of hydrogen-bond acceptors (Lipinski definition) is 3. The van der Waals surface area contributed by atoms with Crippen molar-refractivity contribution in [3.8, 4) is 0 Å². The summed E-state index contributed by atoms with van der Waals surface area (Å²) in [7, 11) is 1.42. The van der Waals surface area contributed by atoms with Crippen LogP contribution in [0.1, 0.15) is 39.9 Å². The minimum absolute atomic E-state index is 0.249. The van der Waals surface area contributed by atoms with Crippen LogP contribution in [0.25, 0.3) is 0 Å². The van der Waals surface area contributed by atoms with E-state index < -0.39 is 0 Å². The number of benzene rings is 1. The van der Waals surface area contributed by atoms with Gasteiger partial charge in [-0.15, -0.1) is 0 Å². The Bertz CT molecular complexity index is 438. The number of hydrogen-bond donors (Lipinski definition) is 1. The van der Waals surface area contributed by atoms with Gasteiger partial charge in [0.2, 0.25) is 0 Å². The maximum atomic E-state index is 11.7. The third-order valence-corrected chi connectivity index (χ3v) is 3.31. The Morgan fingerprint density at radius 2 is 1.94 bits per heavy atom. The smallest absolute Gasteiger partial charge is 0.338 e. The molecule has 0 bridgehead atoms. The quantitative estimate of drug-likeness (QED) is 0.582. The molecule has 0 spiro atoms. The van der Waals surface area contributed by atoms with Gasteiger partial charge in [-0.25, -0.2) is 4.79 Å². The average molecular weight is 219 g/mol. The van der Waals surface area contributed by atoms with Gasteiger partial charge < -0.3 is 10.5 Å². The first-order valence-electron chi connectivity index (χ1n) is 5.64. The Morgan fingerprint density at radius 3 is 2.56 bits per heavy atom. The molecule has 1 aromatic rings. The molecule has 0 aliphatic heterocycles. The van der Waals surface area contributed by atoms with E-state index in [1.165, 1.54) is 7.11 Å². The number of fused-ring (bicyclic) bond motifs is 1. The lowest BCUT2D eigenvalue weighted by molar-refractivity contribution is 0.0599. The highest BCUT2D eigenvalue weighted by Crippen LogP contribution is 2.32. The number of nitrogens with two attached hydrogens (primary N) is 1. The summed E-state index contributed by atoms with van der Waals surface area (Å²) in [5.41, 5.74) is 10.8. The SMILES string of the molecule is COC(=O)c1cc(C)c(N)c2c1CCCC2. The van der Waals surface area contributed by atoms with Gasteiger partial charge in [0.1, 0.15) is 0 Å². The number of esters is 1. The molecular formula is C13H17NO2. The number of anilines is 1. The van der Waals surface area contributed by atoms with E-state index in [-0.39, 0.29) is 5.97 Å². The topological polar surface area (TPSA) is 52.3 Å². The second kappa shape index (κ2) is 4.16. The number of methoxy groups -OCH3 is 1. The molecule has 1 aromatic carbocycles. The summed E-state index contributed by atoms with van der Waals surface area (Å²) in [4.78, 5) is 11.7. The number of carbonyl (C=O) groups is 1. The molecule has 0 unspecified atom stereocenters. The van der Waals surface area contributed by atoms with Gasteiger partial charge in [0.25, 0.3) is 0 Å². The lowest BCUT2D eigenvalue weighted by Gasteiger charge is -2.21. The molecule has 86 valence electrons. The zero-order valence-electron chi connectivity index (χ0n) is 9.80. The number of nitrogen functional groups attached to an aromatic ring is 1. The highest BCUT2D eigenvalue weighted by Gasteiger charge is 2.21. The zero-order chi connectivity index (χ0) is 11.7. The number of aryl methyl sites for hydroxylation is 1. The second-order valence-electron chi connectivity index (χ2n) is 4.31. The van der Waals surface area contributed by atoms with Crippen LogP contribution in [0.15, 0.2) is 6.07 Å². The van der Waals surface area contributed by atoms with Crippen LogP contribution in [0.2, 0.25) is 0 Å². The molecule has 16 heavy (non-hydrogen) atoms. The monoisotopic (exact) mass is 219 g/mol. The van der Waals surface area contributed by atoms with Gasteiger partial charge in [-0.2, -0.15) is 0 Å². The first-order chi connectivity index (χ1) is 7.65. The molecule has 0 heterocycles. The van der Waals surface area contributed by atoms with Crippen molar-refractivity contribution >= 4 is 11.7 Å². The third-order valence-electron chi connectivity index (χ3n) is 3.31. The molecular weight excluding hydrogens is 202 g/mol. The Kier molecular flexibility index (Phi) is 2.86. The molecule has 1 aliphatic rings. The molecule has 3 heteroatoms. The highest BCUT2D eigenvalue weighted by atomic mass is 16.5. The molecule has 0 saturated carbocycles. The van der Waals surface area contributed by atoms with Gasteiger partial charge in [-0.05, 0) is 55.4 Å². The molecule has 1 aliphatic carbocycles. The minimum atomic E-state index is -0.249. The molecule has 0 radical (unpaired) electrons. The summed E-state index contributed by atoms with van der Waals surface area (Å²) >= 11 is 0. The fraction of sp³-hybridized carbons (Fsp3) is 0.462. The second-order valence-corrected chi connectivity index (χ2v) is 4.31. The van der Waals surface area contributed by atoms with Crippen LogP contribution < -0.4 is 5.73 Å². The van der Waals surface area contributed by atoms with E-state index in [2.05, 4.69) is 0 Å². The lowest BCUT2D eigenvalue weighted by atomic mass is 9.85. The Balaban J connectivity index is 2.61. The number of rotatable bonds is 1. The van der Waals surface area contributed by atoms with Crippen LogP contribution in [-0.2, 0) is 17.6 Å². The molecule has 0 fully saturated rings. The van der Waals surface area contributed by atoms with Crippen LogP contribution in [0.5, 0.6) is 0 Å². The van der Waals surface area contributed by atoms with E-state index in [9.17, 15) is 4.79 Å². The summed E-state index contributed by atoms with van der Waals surface area (Å²) in [5, 5.41) is 0. The summed E-state index contributed by atoms with van der Waals surface area (Å²) in [6.45, 7) is 1.94. The molecule has 0 aromatic heterocycles. The summed E-state index contributed by atoms with van der Waals surface area (Å²) in [6.07, 6.45) is 4.19. The van der Waals surface area contributed by atoms with E-state index >= 15 is 0 Å². The molecule has 0 amide bonds. The van der Waals surface area contributed by atoms with Crippen molar-refractivity contribution in [2.24, 2.45) is 0 Å². The maximum Gasteiger partial charge on any atom is 0.338 e. The van der Waals surface area contributed by atoms with E-state index in [1.54, 1.807) is 0 Å². The standard InChI is InChI=1S/C13H17NO2/c1-8-7-11(13(15)16-2)9-5-3-4-6-10(9)12(8)14/h7H,3-6,14H2,1-2H3. The molecule has 0 saturated heterocycles. The number of carbonyl (C=O) groups excluding carboxylic acids is 1. The Morgan fingerprint density at radius 1 is 1.31 bits per heavy atom. The molecule has 2 N–H and O–H groups in total. The van der Waals surface area contributed by atoms with Crippen molar-refractivity contribution in [2.75, 3.05) is 12.8 Å². The molecule has 0 atom stereocenters. The van der Waals surface area contributed by atoms with Crippen LogP contribution in [0.4, 0.5) is 5.69 Å². The van der Waals surface area contributed by atoms with E-state index in [4.69, 9.17) is 10.5 Å². The first-order valence-corrected chi connectivity index (χ1v) is 5.64. The van der Waals surface area contributed by atoms with Crippen molar-refractivity contribution in [2.45, 2.75) is 32.6 Å². The fourth-order valence-corrected chi connectivity index (χ4v) is 2.41. The predicted octanol–water partition coefficient (Wildman–Crippen LogP) is 2.24.